The summed E-state index contributed by atoms with van der Waals surface area (Å²) in [6.07, 6.45) is 3.07. The summed E-state index contributed by atoms with van der Waals surface area (Å²) in [5, 5.41) is 6.64. The summed E-state index contributed by atoms with van der Waals surface area (Å²) in [7, 11) is 2.00. The molecule has 0 aliphatic heterocycles. The standard InChI is InChI=1S/C12H18N2S/c1-4-5-6-7-11(13-3)8-12-14-10(2)9-15-12/h9,11,13H,6-8H2,1-3H3. The Bertz CT molecular complexity index is 346. The number of hydrogen-bond donors (Lipinski definition) is 1. The summed E-state index contributed by atoms with van der Waals surface area (Å²) in [6.45, 7) is 3.93. The van der Waals surface area contributed by atoms with Crippen molar-refractivity contribution in [2.75, 3.05) is 7.05 Å². The summed E-state index contributed by atoms with van der Waals surface area (Å²) in [6, 6.07) is 0.497. The van der Waals surface area contributed by atoms with Gasteiger partial charge in [0.1, 0.15) is 0 Å². The van der Waals surface area contributed by atoms with E-state index < -0.39 is 0 Å². The van der Waals surface area contributed by atoms with Crippen LogP contribution in [0.5, 0.6) is 0 Å². The Morgan fingerprint density at radius 3 is 2.93 bits per heavy atom. The van der Waals surface area contributed by atoms with Crippen LogP contribution >= 0.6 is 11.3 Å². The highest BCUT2D eigenvalue weighted by molar-refractivity contribution is 7.09. The van der Waals surface area contributed by atoms with E-state index in [2.05, 4.69) is 27.5 Å². The highest BCUT2D eigenvalue weighted by Crippen LogP contribution is 2.12. The molecule has 3 heteroatoms. The van der Waals surface area contributed by atoms with Gasteiger partial charge in [-0.1, -0.05) is 0 Å². The van der Waals surface area contributed by atoms with Gasteiger partial charge in [0.05, 0.1) is 5.01 Å². The molecule has 0 aliphatic rings. The van der Waals surface area contributed by atoms with E-state index in [9.17, 15) is 0 Å². The molecule has 82 valence electrons. The number of hydrogen-bond acceptors (Lipinski definition) is 3. The maximum absolute atomic E-state index is 4.47. The maximum atomic E-state index is 4.47. The van der Waals surface area contributed by atoms with Gasteiger partial charge in [0.25, 0.3) is 0 Å². The molecule has 0 saturated carbocycles. The molecule has 0 spiro atoms. The minimum atomic E-state index is 0.497. The molecule has 15 heavy (non-hydrogen) atoms. The Morgan fingerprint density at radius 1 is 1.60 bits per heavy atom. The van der Waals surface area contributed by atoms with Crippen LogP contribution in [0.2, 0.25) is 0 Å². The van der Waals surface area contributed by atoms with Crippen LogP contribution in [-0.2, 0) is 6.42 Å². The Hall–Kier alpha value is -0.850. The average Bonchev–Trinajstić information content (AvgIpc) is 2.63. The van der Waals surface area contributed by atoms with Gasteiger partial charge in [-0.3, -0.25) is 0 Å². The molecular formula is C12H18N2S. The molecule has 2 nitrogen and oxygen atoms in total. The van der Waals surface area contributed by atoms with Gasteiger partial charge in [0.15, 0.2) is 0 Å². The maximum Gasteiger partial charge on any atom is 0.0943 e. The van der Waals surface area contributed by atoms with Crippen molar-refractivity contribution in [3.05, 3.63) is 16.1 Å². The smallest absolute Gasteiger partial charge is 0.0943 e. The summed E-state index contributed by atoms with van der Waals surface area (Å²) >= 11 is 1.75. The number of rotatable bonds is 5. The molecule has 1 unspecified atom stereocenters. The third-order valence-corrected chi connectivity index (χ3v) is 3.28. The lowest BCUT2D eigenvalue weighted by atomic mass is 10.1. The minimum absolute atomic E-state index is 0.497. The van der Waals surface area contributed by atoms with E-state index in [0.29, 0.717) is 6.04 Å². The molecular weight excluding hydrogens is 204 g/mol. The Kier molecular flexibility index (Phi) is 5.38. The fraction of sp³-hybridized carbons (Fsp3) is 0.583. The van der Waals surface area contributed by atoms with E-state index in [-0.39, 0.29) is 0 Å². The molecule has 0 aromatic carbocycles. The summed E-state index contributed by atoms with van der Waals surface area (Å²) in [4.78, 5) is 4.47. The van der Waals surface area contributed by atoms with Crippen molar-refractivity contribution >= 4 is 11.3 Å². The molecule has 1 N–H and O–H groups in total. The molecule has 1 atom stereocenters. The lowest BCUT2D eigenvalue weighted by Gasteiger charge is -2.12. The van der Waals surface area contributed by atoms with Crippen molar-refractivity contribution < 1.29 is 0 Å². The van der Waals surface area contributed by atoms with Gasteiger partial charge in [0, 0.05) is 30.0 Å². The third-order valence-electron chi connectivity index (χ3n) is 2.29. The van der Waals surface area contributed by atoms with Gasteiger partial charge < -0.3 is 5.32 Å². The summed E-state index contributed by atoms with van der Waals surface area (Å²) in [5.74, 6) is 6.02. The first-order valence-electron chi connectivity index (χ1n) is 5.24. The van der Waals surface area contributed by atoms with Gasteiger partial charge in [-0.05, 0) is 27.3 Å². The first kappa shape index (κ1) is 12.2. The minimum Gasteiger partial charge on any atom is -0.317 e. The van der Waals surface area contributed by atoms with Gasteiger partial charge in [-0.2, -0.15) is 0 Å². The van der Waals surface area contributed by atoms with Crippen LogP contribution in [0.15, 0.2) is 5.38 Å². The molecule has 0 radical (unpaired) electrons. The molecule has 0 fully saturated rings. The number of aryl methyl sites for hydroxylation is 1. The van der Waals surface area contributed by atoms with Gasteiger partial charge in [-0.25, -0.2) is 4.98 Å². The van der Waals surface area contributed by atoms with Crippen molar-refractivity contribution in [2.45, 2.75) is 39.2 Å². The first-order valence-corrected chi connectivity index (χ1v) is 6.12. The van der Waals surface area contributed by atoms with Gasteiger partial charge in [-0.15, -0.1) is 23.2 Å². The van der Waals surface area contributed by atoms with Crippen LogP contribution < -0.4 is 5.32 Å². The predicted molar refractivity (Wildman–Crippen MR) is 66.1 cm³/mol. The third kappa shape index (κ3) is 4.46. The van der Waals surface area contributed by atoms with E-state index in [1.54, 1.807) is 11.3 Å². The second kappa shape index (κ2) is 6.60. The number of nitrogens with one attached hydrogen (secondary N) is 1. The Morgan fingerprint density at radius 2 is 2.40 bits per heavy atom. The van der Waals surface area contributed by atoms with E-state index in [4.69, 9.17) is 0 Å². The van der Waals surface area contributed by atoms with Crippen LogP contribution in [0, 0.1) is 18.8 Å². The summed E-state index contributed by atoms with van der Waals surface area (Å²) < 4.78 is 0. The van der Waals surface area contributed by atoms with Gasteiger partial charge in [0.2, 0.25) is 0 Å². The molecule has 1 aromatic rings. The SMILES string of the molecule is CC#CCCC(Cc1nc(C)cs1)NC. The van der Waals surface area contributed by atoms with Crippen LogP contribution in [0.4, 0.5) is 0 Å². The van der Waals surface area contributed by atoms with E-state index in [1.165, 1.54) is 5.01 Å². The molecule has 0 saturated heterocycles. The zero-order valence-electron chi connectivity index (χ0n) is 9.63. The molecule has 0 aliphatic carbocycles. The Balaban J connectivity index is 2.41. The second-order valence-electron chi connectivity index (χ2n) is 3.54. The van der Waals surface area contributed by atoms with Gasteiger partial charge >= 0.3 is 0 Å². The van der Waals surface area contributed by atoms with Crippen molar-refractivity contribution in [3.63, 3.8) is 0 Å². The van der Waals surface area contributed by atoms with Crippen molar-refractivity contribution in [1.29, 1.82) is 0 Å². The topological polar surface area (TPSA) is 24.9 Å². The van der Waals surface area contributed by atoms with E-state index >= 15 is 0 Å². The van der Waals surface area contributed by atoms with Crippen molar-refractivity contribution in [3.8, 4) is 11.8 Å². The van der Waals surface area contributed by atoms with Crippen LogP contribution in [0.25, 0.3) is 0 Å². The fourth-order valence-electron chi connectivity index (χ4n) is 1.43. The number of aromatic nitrogens is 1. The number of likely N-dealkylation sites (N-methyl/N-ethyl adjacent to an activating group) is 1. The van der Waals surface area contributed by atoms with Crippen molar-refractivity contribution in [2.24, 2.45) is 0 Å². The van der Waals surface area contributed by atoms with Crippen LogP contribution in [0.3, 0.4) is 0 Å². The number of thiazole rings is 1. The lowest BCUT2D eigenvalue weighted by Crippen LogP contribution is -2.27. The predicted octanol–water partition coefficient (Wildman–Crippen LogP) is 2.39. The molecule has 1 aromatic heterocycles. The van der Waals surface area contributed by atoms with Crippen LogP contribution in [0.1, 0.15) is 30.5 Å². The first-order chi connectivity index (χ1) is 7.26. The largest absolute Gasteiger partial charge is 0.317 e. The van der Waals surface area contributed by atoms with Crippen molar-refractivity contribution in [1.82, 2.24) is 10.3 Å². The normalized spacial score (nSPS) is 11.9. The number of nitrogens with zero attached hydrogens (tertiary/aromatic N) is 1. The van der Waals surface area contributed by atoms with Crippen LogP contribution in [-0.4, -0.2) is 18.1 Å². The zero-order valence-corrected chi connectivity index (χ0v) is 10.4. The fourth-order valence-corrected chi connectivity index (χ4v) is 2.28. The molecule has 0 amide bonds. The molecule has 0 bridgehead atoms. The van der Waals surface area contributed by atoms with E-state index in [1.807, 2.05) is 20.9 Å². The Labute approximate surface area is 96.1 Å². The molecule has 1 rings (SSSR count). The molecule has 1 heterocycles. The monoisotopic (exact) mass is 222 g/mol. The lowest BCUT2D eigenvalue weighted by molar-refractivity contribution is 0.526. The highest BCUT2D eigenvalue weighted by atomic mass is 32.1. The van der Waals surface area contributed by atoms with E-state index in [0.717, 1.165) is 25.0 Å². The zero-order chi connectivity index (χ0) is 11.1. The summed E-state index contributed by atoms with van der Waals surface area (Å²) in [5.41, 5.74) is 1.12. The second-order valence-corrected chi connectivity index (χ2v) is 4.48. The average molecular weight is 222 g/mol. The highest BCUT2D eigenvalue weighted by Gasteiger charge is 2.08. The quantitative estimate of drug-likeness (QED) is 0.774.